The van der Waals surface area contributed by atoms with Crippen LogP contribution in [0, 0.1) is 0 Å². The third-order valence-electron chi connectivity index (χ3n) is 4.07. The van der Waals surface area contributed by atoms with Crippen LogP contribution in [0.3, 0.4) is 0 Å². The molecule has 0 heterocycles. The SMILES string of the molecule is COC(=O)CCCCCNC(=O)[C@@H](C)NC(=O)C(N)Cc1ccc(O)cc1. The Morgan fingerprint density at radius 2 is 1.78 bits per heavy atom. The first-order valence-electron chi connectivity index (χ1n) is 9.02. The molecule has 5 N–H and O–H groups in total. The molecule has 8 nitrogen and oxygen atoms in total. The summed E-state index contributed by atoms with van der Waals surface area (Å²) in [7, 11) is 1.36. The van der Waals surface area contributed by atoms with Gasteiger partial charge < -0.3 is 26.2 Å². The van der Waals surface area contributed by atoms with Gasteiger partial charge in [0, 0.05) is 13.0 Å². The van der Waals surface area contributed by atoms with Crippen molar-refractivity contribution in [2.24, 2.45) is 5.73 Å². The lowest BCUT2D eigenvalue weighted by Gasteiger charge is -2.17. The van der Waals surface area contributed by atoms with E-state index in [0.29, 0.717) is 25.8 Å². The lowest BCUT2D eigenvalue weighted by atomic mass is 10.1. The van der Waals surface area contributed by atoms with Crippen molar-refractivity contribution in [1.82, 2.24) is 10.6 Å². The molecule has 0 aliphatic carbocycles. The Hall–Kier alpha value is -2.61. The number of hydrogen-bond donors (Lipinski definition) is 4. The molecule has 150 valence electrons. The van der Waals surface area contributed by atoms with Crippen LogP contribution in [0.2, 0.25) is 0 Å². The van der Waals surface area contributed by atoms with Crippen LogP contribution in [0.4, 0.5) is 0 Å². The van der Waals surface area contributed by atoms with Crippen molar-refractivity contribution in [3.8, 4) is 5.75 Å². The van der Waals surface area contributed by atoms with Gasteiger partial charge in [0.1, 0.15) is 11.8 Å². The molecule has 1 rings (SSSR count). The van der Waals surface area contributed by atoms with Gasteiger partial charge in [-0.1, -0.05) is 18.6 Å². The molecule has 2 atom stereocenters. The molecule has 0 aliphatic heterocycles. The molecular weight excluding hydrogens is 350 g/mol. The van der Waals surface area contributed by atoms with E-state index in [4.69, 9.17) is 5.73 Å². The van der Waals surface area contributed by atoms with Gasteiger partial charge in [0.2, 0.25) is 11.8 Å². The zero-order valence-electron chi connectivity index (χ0n) is 15.9. The maximum absolute atomic E-state index is 12.1. The number of rotatable bonds is 11. The maximum Gasteiger partial charge on any atom is 0.305 e. The first kappa shape index (κ1) is 22.4. The highest BCUT2D eigenvalue weighted by molar-refractivity contribution is 5.89. The van der Waals surface area contributed by atoms with Gasteiger partial charge in [-0.25, -0.2) is 0 Å². The molecule has 1 aromatic rings. The van der Waals surface area contributed by atoms with Crippen molar-refractivity contribution in [3.05, 3.63) is 29.8 Å². The molecule has 0 fully saturated rings. The molecule has 0 saturated heterocycles. The number of nitrogens with two attached hydrogens (primary N) is 1. The van der Waals surface area contributed by atoms with Crippen LogP contribution in [0.25, 0.3) is 0 Å². The number of ether oxygens (including phenoxy) is 1. The summed E-state index contributed by atoms with van der Waals surface area (Å²) in [4.78, 5) is 35.1. The van der Waals surface area contributed by atoms with E-state index in [1.54, 1.807) is 19.1 Å². The molecule has 1 aromatic carbocycles. The zero-order valence-corrected chi connectivity index (χ0v) is 15.9. The summed E-state index contributed by atoms with van der Waals surface area (Å²) >= 11 is 0. The fraction of sp³-hybridized carbons (Fsp3) is 0.526. The lowest BCUT2D eigenvalue weighted by Crippen LogP contribution is -2.50. The highest BCUT2D eigenvalue weighted by Gasteiger charge is 2.20. The minimum Gasteiger partial charge on any atom is -0.508 e. The Kier molecular flexibility index (Phi) is 9.89. The Labute approximate surface area is 159 Å². The maximum atomic E-state index is 12.1. The predicted octanol–water partition coefficient (Wildman–Crippen LogP) is 0.616. The third-order valence-corrected chi connectivity index (χ3v) is 4.07. The van der Waals surface area contributed by atoms with Crippen molar-refractivity contribution < 1.29 is 24.2 Å². The van der Waals surface area contributed by atoms with Crippen molar-refractivity contribution in [2.45, 2.75) is 51.1 Å². The summed E-state index contributed by atoms with van der Waals surface area (Å²) in [5, 5.41) is 14.6. The summed E-state index contributed by atoms with van der Waals surface area (Å²) in [6.07, 6.45) is 2.93. The van der Waals surface area contributed by atoms with Crippen LogP contribution in [-0.4, -0.2) is 48.6 Å². The highest BCUT2D eigenvalue weighted by atomic mass is 16.5. The van der Waals surface area contributed by atoms with Gasteiger partial charge in [-0.05, 0) is 43.9 Å². The third kappa shape index (κ3) is 9.05. The summed E-state index contributed by atoms with van der Waals surface area (Å²) in [6, 6.07) is 4.96. The van der Waals surface area contributed by atoms with Gasteiger partial charge in [-0.15, -0.1) is 0 Å². The number of esters is 1. The summed E-state index contributed by atoms with van der Waals surface area (Å²) < 4.78 is 4.56. The van der Waals surface area contributed by atoms with E-state index in [0.717, 1.165) is 18.4 Å². The largest absolute Gasteiger partial charge is 0.508 e. The fourth-order valence-corrected chi connectivity index (χ4v) is 2.40. The summed E-state index contributed by atoms with van der Waals surface area (Å²) in [5.74, 6) is -0.789. The molecule has 0 aliphatic rings. The fourth-order valence-electron chi connectivity index (χ4n) is 2.40. The smallest absolute Gasteiger partial charge is 0.305 e. The highest BCUT2D eigenvalue weighted by Crippen LogP contribution is 2.11. The van der Waals surface area contributed by atoms with E-state index >= 15 is 0 Å². The molecular formula is C19H29N3O5. The second-order valence-electron chi connectivity index (χ2n) is 6.39. The van der Waals surface area contributed by atoms with Crippen molar-refractivity contribution >= 4 is 17.8 Å². The summed E-state index contributed by atoms with van der Waals surface area (Å²) in [6.45, 7) is 2.07. The van der Waals surface area contributed by atoms with Crippen LogP contribution in [-0.2, 0) is 25.5 Å². The van der Waals surface area contributed by atoms with E-state index in [-0.39, 0.29) is 17.6 Å². The molecule has 2 amide bonds. The van der Waals surface area contributed by atoms with E-state index in [1.165, 1.54) is 19.2 Å². The number of phenols is 1. The average Bonchev–Trinajstić information content (AvgIpc) is 2.65. The molecule has 1 unspecified atom stereocenters. The van der Waals surface area contributed by atoms with E-state index in [1.807, 2.05) is 0 Å². The number of nitrogens with one attached hydrogen (secondary N) is 2. The number of methoxy groups -OCH3 is 1. The Bertz CT molecular complexity index is 618. The number of hydrogen-bond acceptors (Lipinski definition) is 6. The van der Waals surface area contributed by atoms with E-state index in [9.17, 15) is 19.5 Å². The van der Waals surface area contributed by atoms with Gasteiger partial charge in [0.25, 0.3) is 0 Å². The Morgan fingerprint density at radius 3 is 2.41 bits per heavy atom. The average molecular weight is 379 g/mol. The molecule has 0 spiro atoms. The first-order valence-corrected chi connectivity index (χ1v) is 9.02. The zero-order chi connectivity index (χ0) is 20.2. The van der Waals surface area contributed by atoms with Gasteiger partial charge in [0.05, 0.1) is 13.2 Å². The molecule has 0 aromatic heterocycles. The van der Waals surface area contributed by atoms with Gasteiger partial charge in [-0.3, -0.25) is 14.4 Å². The van der Waals surface area contributed by atoms with Crippen LogP contribution >= 0.6 is 0 Å². The Balaban J connectivity index is 2.25. The number of unbranched alkanes of at least 4 members (excludes halogenated alkanes) is 2. The van der Waals surface area contributed by atoms with Crippen LogP contribution in [0.1, 0.15) is 38.2 Å². The number of carbonyl (C=O) groups excluding carboxylic acids is 3. The second-order valence-corrected chi connectivity index (χ2v) is 6.39. The van der Waals surface area contributed by atoms with Crippen molar-refractivity contribution in [2.75, 3.05) is 13.7 Å². The van der Waals surface area contributed by atoms with Crippen molar-refractivity contribution in [3.63, 3.8) is 0 Å². The quantitative estimate of drug-likeness (QED) is 0.329. The predicted molar refractivity (Wildman–Crippen MR) is 101 cm³/mol. The van der Waals surface area contributed by atoms with Crippen LogP contribution in [0.5, 0.6) is 5.75 Å². The van der Waals surface area contributed by atoms with Gasteiger partial charge >= 0.3 is 5.97 Å². The van der Waals surface area contributed by atoms with Crippen molar-refractivity contribution in [1.29, 1.82) is 0 Å². The molecule has 0 radical (unpaired) electrons. The number of aromatic hydroxyl groups is 1. The van der Waals surface area contributed by atoms with Crippen LogP contribution in [0.15, 0.2) is 24.3 Å². The molecule has 8 heteroatoms. The van der Waals surface area contributed by atoms with Gasteiger partial charge in [-0.2, -0.15) is 0 Å². The van der Waals surface area contributed by atoms with E-state index < -0.39 is 18.0 Å². The first-order chi connectivity index (χ1) is 12.8. The minimum atomic E-state index is -0.789. The number of phenolic OH excluding ortho intramolecular Hbond substituents is 1. The van der Waals surface area contributed by atoms with Gasteiger partial charge in [0.15, 0.2) is 0 Å². The number of amides is 2. The molecule has 0 bridgehead atoms. The molecule has 27 heavy (non-hydrogen) atoms. The lowest BCUT2D eigenvalue weighted by molar-refractivity contribution is -0.140. The Morgan fingerprint density at radius 1 is 1.11 bits per heavy atom. The summed E-state index contributed by atoms with van der Waals surface area (Å²) in [5.41, 5.74) is 6.70. The van der Waals surface area contributed by atoms with Crippen LogP contribution < -0.4 is 16.4 Å². The standard InChI is InChI=1S/C19H29N3O5/c1-13(18(25)21-11-5-3-4-6-17(24)27-2)22-19(26)16(20)12-14-7-9-15(23)10-8-14/h7-10,13,16,23H,3-6,11-12,20H2,1-2H3,(H,21,25)(H,22,26)/t13-,16?/m1/s1. The monoisotopic (exact) mass is 379 g/mol. The normalized spacial score (nSPS) is 12.7. The minimum absolute atomic E-state index is 0.146. The van der Waals surface area contributed by atoms with E-state index in [2.05, 4.69) is 15.4 Å². The second kappa shape index (κ2) is 11.9. The molecule has 0 saturated carbocycles. The number of benzene rings is 1. The number of carbonyl (C=O) groups is 3. The topological polar surface area (TPSA) is 131 Å².